The molecule has 0 saturated heterocycles. The highest BCUT2D eigenvalue weighted by Crippen LogP contribution is 2.34. The van der Waals surface area contributed by atoms with Crippen molar-refractivity contribution >= 4 is 11.4 Å². The van der Waals surface area contributed by atoms with E-state index in [9.17, 15) is 10.1 Å². The number of nitrogens with one attached hydrogen (secondary N) is 1. The summed E-state index contributed by atoms with van der Waals surface area (Å²) in [6.07, 6.45) is 0.671. The van der Waals surface area contributed by atoms with Crippen molar-refractivity contribution in [1.82, 2.24) is 0 Å². The van der Waals surface area contributed by atoms with E-state index in [4.69, 9.17) is 9.84 Å². The number of methoxy groups -OCH3 is 1. The van der Waals surface area contributed by atoms with E-state index in [1.165, 1.54) is 13.2 Å². The number of nitro groups is 1. The van der Waals surface area contributed by atoms with Crippen LogP contribution in [0.25, 0.3) is 0 Å². The van der Waals surface area contributed by atoms with Gasteiger partial charge >= 0.3 is 5.69 Å². The lowest BCUT2D eigenvalue weighted by Crippen LogP contribution is -2.23. The summed E-state index contributed by atoms with van der Waals surface area (Å²) in [7, 11) is 1.38. The number of para-hydroxylation sites is 1. The highest BCUT2D eigenvalue weighted by molar-refractivity contribution is 5.68. The van der Waals surface area contributed by atoms with E-state index < -0.39 is 4.92 Å². The van der Waals surface area contributed by atoms with Gasteiger partial charge in [0.05, 0.1) is 18.6 Å². The number of hydrogen-bond donors (Lipinski definition) is 2. The molecule has 0 spiro atoms. The first kappa shape index (κ1) is 13.2. The van der Waals surface area contributed by atoms with Crippen molar-refractivity contribution in [3.8, 4) is 5.75 Å². The Labute approximate surface area is 99.4 Å². The first-order valence-electron chi connectivity index (χ1n) is 5.32. The van der Waals surface area contributed by atoms with Crippen LogP contribution in [-0.2, 0) is 0 Å². The van der Waals surface area contributed by atoms with E-state index in [1.807, 2.05) is 6.92 Å². The lowest BCUT2D eigenvalue weighted by molar-refractivity contribution is -0.384. The predicted octanol–water partition coefficient (Wildman–Crippen LogP) is 1.79. The molecule has 1 aromatic carbocycles. The molecule has 1 unspecified atom stereocenters. The topological polar surface area (TPSA) is 84.6 Å². The maximum Gasteiger partial charge on any atom is 0.333 e. The molecular formula is C11H16N2O4. The third kappa shape index (κ3) is 3.07. The molecule has 0 aliphatic carbocycles. The fourth-order valence-electron chi connectivity index (χ4n) is 1.49. The van der Waals surface area contributed by atoms with Gasteiger partial charge in [0, 0.05) is 6.04 Å². The minimum atomic E-state index is -0.495. The predicted molar refractivity (Wildman–Crippen MR) is 64.4 cm³/mol. The Hall–Kier alpha value is -1.82. The van der Waals surface area contributed by atoms with Crippen molar-refractivity contribution in [2.24, 2.45) is 0 Å². The minimum Gasteiger partial charge on any atom is -0.490 e. The normalized spacial score (nSPS) is 11.9. The van der Waals surface area contributed by atoms with E-state index in [-0.39, 0.29) is 24.1 Å². The van der Waals surface area contributed by atoms with E-state index >= 15 is 0 Å². The van der Waals surface area contributed by atoms with Crippen molar-refractivity contribution in [3.63, 3.8) is 0 Å². The molecule has 1 aromatic rings. The van der Waals surface area contributed by atoms with Crippen LogP contribution in [0.5, 0.6) is 5.75 Å². The van der Waals surface area contributed by atoms with Gasteiger partial charge in [-0.1, -0.05) is 13.0 Å². The number of rotatable bonds is 6. The highest BCUT2D eigenvalue weighted by atomic mass is 16.6. The number of aliphatic hydroxyl groups excluding tert-OH is 1. The first-order valence-corrected chi connectivity index (χ1v) is 5.32. The van der Waals surface area contributed by atoms with Crippen LogP contribution in [0.15, 0.2) is 18.2 Å². The largest absolute Gasteiger partial charge is 0.490 e. The SMILES string of the molecule is CCC(CO)Nc1cccc(OC)c1[N+](=O)[O-]. The first-order chi connectivity index (χ1) is 8.13. The zero-order valence-electron chi connectivity index (χ0n) is 9.84. The van der Waals surface area contributed by atoms with Gasteiger partial charge in [-0.2, -0.15) is 0 Å². The zero-order chi connectivity index (χ0) is 12.8. The molecule has 0 aliphatic heterocycles. The Morgan fingerprint density at radius 2 is 2.29 bits per heavy atom. The van der Waals surface area contributed by atoms with Crippen LogP contribution in [0.1, 0.15) is 13.3 Å². The molecule has 1 rings (SSSR count). The zero-order valence-corrected chi connectivity index (χ0v) is 9.84. The molecule has 0 aromatic heterocycles. The maximum atomic E-state index is 11.0. The number of anilines is 1. The summed E-state index contributed by atoms with van der Waals surface area (Å²) in [5, 5.41) is 23.0. The van der Waals surface area contributed by atoms with Crippen molar-refractivity contribution in [2.75, 3.05) is 19.0 Å². The van der Waals surface area contributed by atoms with Gasteiger partial charge in [-0.3, -0.25) is 10.1 Å². The summed E-state index contributed by atoms with van der Waals surface area (Å²) in [5.74, 6) is 0.202. The molecule has 94 valence electrons. The monoisotopic (exact) mass is 240 g/mol. The fraction of sp³-hybridized carbons (Fsp3) is 0.455. The van der Waals surface area contributed by atoms with E-state index in [2.05, 4.69) is 5.32 Å². The van der Waals surface area contributed by atoms with Crippen molar-refractivity contribution in [3.05, 3.63) is 28.3 Å². The van der Waals surface area contributed by atoms with Crippen LogP contribution in [-0.4, -0.2) is 29.8 Å². The Morgan fingerprint density at radius 1 is 1.59 bits per heavy atom. The van der Waals surface area contributed by atoms with Crippen LogP contribution in [0.3, 0.4) is 0 Å². The van der Waals surface area contributed by atoms with Crippen LogP contribution in [0, 0.1) is 10.1 Å². The lowest BCUT2D eigenvalue weighted by atomic mass is 10.2. The number of nitrogens with zero attached hydrogens (tertiary/aromatic N) is 1. The number of nitro benzene ring substituents is 1. The number of ether oxygens (including phenoxy) is 1. The van der Waals surface area contributed by atoms with Gasteiger partial charge in [0.15, 0.2) is 5.75 Å². The van der Waals surface area contributed by atoms with Crippen molar-refractivity contribution < 1.29 is 14.8 Å². The summed E-state index contributed by atoms with van der Waals surface area (Å²) in [6, 6.07) is 4.58. The third-order valence-electron chi connectivity index (χ3n) is 2.47. The molecule has 1 atom stereocenters. The minimum absolute atomic E-state index is 0.0785. The van der Waals surface area contributed by atoms with Gasteiger partial charge in [-0.15, -0.1) is 0 Å². The summed E-state index contributed by atoms with van der Waals surface area (Å²) < 4.78 is 4.95. The van der Waals surface area contributed by atoms with E-state index in [0.29, 0.717) is 12.1 Å². The van der Waals surface area contributed by atoms with Gasteiger partial charge in [-0.25, -0.2) is 0 Å². The molecule has 0 heterocycles. The molecule has 17 heavy (non-hydrogen) atoms. The molecule has 0 radical (unpaired) electrons. The number of hydrogen-bond acceptors (Lipinski definition) is 5. The van der Waals surface area contributed by atoms with Gasteiger partial charge in [0.25, 0.3) is 0 Å². The van der Waals surface area contributed by atoms with Crippen LogP contribution in [0.4, 0.5) is 11.4 Å². The summed E-state index contributed by atoms with van der Waals surface area (Å²) in [4.78, 5) is 10.5. The second-order valence-electron chi connectivity index (χ2n) is 3.55. The van der Waals surface area contributed by atoms with E-state index in [0.717, 1.165) is 0 Å². The Bertz CT molecular complexity index is 391. The molecule has 0 saturated carbocycles. The molecule has 0 bridgehead atoms. The standard InChI is InChI=1S/C11H16N2O4/c1-3-8(7-14)12-9-5-4-6-10(17-2)11(9)13(15)16/h4-6,8,12,14H,3,7H2,1-2H3. The van der Waals surface area contributed by atoms with Crippen molar-refractivity contribution in [2.45, 2.75) is 19.4 Å². The average molecular weight is 240 g/mol. The molecular weight excluding hydrogens is 224 g/mol. The van der Waals surface area contributed by atoms with Crippen molar-refractivity contribution in [1.29, 1.82) is 0 Å². The molecule has 6 nitrogen and oxygen atoms in total. The second kappa shape index (κ2) is 6.05. The lowest BCUT2D eigenvalue weighted by Gasteiger charge is -2.16. The molecule has 2 N–H and O–H groups in total. The third-order valence-corrected chi connectivity index (χ3v) is 2.47. The van der Waals surface area contributed by atoms with Gasteiger partial charge in [0.1, 0.15) is 5.69 Å². The van der Waals surface area contributed by atoms with Crippen LogP contribution in [0.2, 0.25) is 0 Å². The summed E-state index contributed by atoms with van der Waals surface area (Å²) in [5.41, 5.74) is 0.247. The molecule has 0 fully saturated rings. The van der Waals surface area contributed by atoms with E-state index in [1.54, 1.807) is 12.1 Å². The Balaban J connectivity index is 3.09. The average Bonchev–Trinajstić information content (AvgIpc) is 2.34. The molecule has 0 amide bonds. The Kier molecular flexibility index (Phi) is 4.71. The smallest absolute Gasteiger partial charge is 0.333 e. The quantitative estimate of drug-likeness (QED) is 0.585. The number of aliphatic hydroxyl groups is 1. The second-order valence-corrected chi connectivity index (χ2v) is 3.55. The summed E-state index contributed by atoms with van der Waals surface area (Å²) >= 11 is 0. The maximum absolute atomic E-state index is 11.0. The summed E-state index contributed by atoms with van der Waals surface area (Å²) in [6.45, 7) is 1.81. The van der Waals surface area contributed by atoms with Crippen LogP contribution < -0.4 is 10.1 Å². The van der Waals surface area contributed by atoms with Gasteiger partial charge < -0.3 is 15.2 Å². The number of benzene rings is 1. The highest BCUT2D eigenvalue weighted by Gasteiger charge is 2.21. The Morgan fingerprint density at radius 3 is 2.76 bits per heavy atom. The van der Waals surface area contributed by atoms with Gasteiger partial charge in [0.2, 0.25) is 0 Å². The molecule has 6 heteroatoms. The fourth-order valence-corrected chi connectivity index (χ4v) is 1.49. The van der Waals surface area contributed by atoms with Gasteiger partial charge in [-0.05, 0) is 18.6 Å². The van der Waals surface area contributed by atoms with Crippen LogP contribution >= 0.6 is 0 Å². The molecule has 0 aliphatic rings.